The molecule has 0 unspecified atom stereocenters. The van der Waals surface area contributed by atoms with E-state index in [0.29, 0.717) is 5.57 Å². The van der Waals surface area contributed by atoms with Crippen molar-refractivity contribution >= 4 is 28.3 Å². The fourth-order valence-electron chi connectivity index (χ4n) is 2.04. The third-order valence-corrected chi connectivity index (χ3v) is 3.16. The van der Waals surface area contributed by atoms with Crippen molar-refractivity contribution in [1.82, 2.24) is 0 Å². The van der Waals surface area contributed by atoms with Gasteiger partial charge in [0.05, 0.1) is 19.8 Å². The van der Waals surface area contributed by atoms with Crippen LogP contribution < -0.4 is 0 Å². The molecule has 2 aromatic carbocycles. The van der Waals surface area contributed by atoms with E-state index in [9.17, 15) is 9.59 Å². The molecule has 22 heavy (non-hydrogen) atoms. The maximum absolute atomic E-state index is 12.0. The summed E-state index contributed by atoms with van der Waals surface area (Å²) in [5, 5.41) is 2.10. The molecule has 0 bridgehead atoms. The molecule has 2 aromatic rings. The molecule has 0 radical (unpaired) electrons. The van der Waals surface area contributed by atoms with Gasteiger partial charge in [-0.1, -0.05) is 42.5 Å². The van der Waals surface area contributed by atoms with Crippen LogP contribution in [0.5, 0.6) is 0 Å². The monoisotopic (exact) mass is 296 g/mol. The molecular formula is C18H16O4. The summed E-state index contributed by atoms with van der Waals surface area (Å²) in [6.07, 6.45) is 4.24. The smallest absolute Gasteiger partial charge is 0.338 e. The average molecular weight is 296 g/mol. The first kappa shape index (κ1) is 15.5. The Bertz CT molecular complexity index is 757. The number of carbonyl (C=O) groups is 2. The standard InChI is InChI=1S/C18H16O4/c1-21-17(19)9-5-8-16(18(20)22-2)15-11-10-13-6-3-4-7-14(13)12-15/h3-12H,1-2H3/b9-5-,16-8+. The number of methoxy groups -OCH3 is 2. The van der Waals surface area contributed by atoms with Crippen molar-refractivity contribution in [3.05, 3.63) is 66.3 Å². The van der Waals surface area contributed by atoms with E-state index in [2.05, 4.69) is 4.74 Å². The minimum absolute atomic E-state index is 0.369. The Balaban J connectivity index is 2.43. The number of fused-ring (bicyclic) bond motifs is 1. The number of rotatable bonds is 4. The average Bonchev–Trinajstić information content (AvgIpc) is 2.57. The summed E-state index contributed by atoms with van der Waals surface area (Å²) < 4.78 is 9.32. The van der Waals surface area contributed by atoms with Crippen molar-refractivity contribution in [2.45, 2.75) is 0 Å². The third-order valence-electron chi connectivity index (χ3n) is 3.16. The Morgan fingerprint density at radius 3 is 2.36 bits per heavy atom. The Hall–Kier alpha value is -2.88. The van der Waals surface area contributed by atoms with E-state index in [1.165, 1.54) is 32.4 Å². The van der Waals surface area contributed by atoms with Crippen molar-refractivity contribution in [3.63, 3.8) is 0 Å². The molecule has 0 N–H and O–H groups in total. The summed E-state index contributed by atoms with van der Waals surface area (Å²) in [5.41, 5.74) is 1.09. The second-order valence-electron chi connectivity index (χ2n) is 4.52. The molecule has 0 aliphatic carbocycles. The van der Waals surface area contributed by atoms with Crippen LogP contribution in [-0.2, 0) is 19.1 Å². The summed E-state index contributed by atoms with van der Waals surface area (Å²) in [6.45, 7) is 0. The highest BCUT2D eigenvalue weighted by molar-refractivity contribution is 6.17. The summed E-state index contributed by atoms with van der Waals surface area (Å²) in [4.78, 5) is 23.0. The van der Waals surface area contributed by atoms with E-state index in [1.54, 1.807) is 0 Å². The highest BCUT2D eigenvalue weighted by Gasteiger charge is 2.12. The number of hydrogen-bond donors (Lipinski definition) is 0. The van der Waals surface area contributed by atoms with Crippen LogP contribution in [-0.4, -0.2) is 26.2 Å². The first-order valence-electron chi connectivity index (χ1n) is 6.69. The normalized spacial score (nSPS) is 11.6. The molecule has 0 aliphatic rings. The maximum Gasteiger partial charge on any atom is 0.338 e. The molecule has 0 aliphatic heterocycles. The molecule has 2 rings (SSSR count). The predicted molar refractivity (Wildman–Crippen MR) is 85.1 cm³/mol. The van der Waals surface area contributed by atoms with Gasteiger partial charge in [-0.3, -0.25) is 0 Å². The van der Waals surface area contributed by atoms with E-state index in [-0.39, 0.29) is 0 Å². The molecule has 0 saturated carbocycles. The van der Waals surface area contributed by atoms with E-state index < -0.39 is 11.9 Å². The first-order chi connectivity index (χ1) is 10.7. The number of ether oxygens (including phenoxy) is 2. The molecule has 0 heterocycles. The number of allylic oxidation sites excluding steroid dienone is 2. The highest BCUT2D eigenvalue weighted by Crippen LogP contribution is 2.22. The third kappa shape index (κ3) is 3.61. The Labute approximate surface area is 128 Å². The van der Waals surface area contributed by atoms with Gasteiger partial charge in [0.25, 0.3) is 0 Å². The van der Waals surface area contributed by atoms with Gasteiger partial charge in [0.15, 0.2) is 0 Å². The molecule has 0 saturated heterocycles. The molecule has 0 atom stereocenters. The minimum atomic E-state index is -0.487. The lowest BCUT2D eigenvalue weighted by Gasteiger charge is -2.06. The van der Waals surface area contributed by atoms with Crippen LogP contribution in [0.4, 0.5) is 0 Å². The number of carbonyl (C=O) groups excluding carboxylic acids is 2. The zero-order valence-corrected chi connectivity index (χ0v) is 12.4. The van der Waals surface area contributed by atoms with Gasteiger partial charge in [-0.2, -0.15) is 0 Å². The van der Waals surface area contributed by atoms with Gasteiger partial charge in [0.1, 0.15) is 0 Å². The van der Waals surface area contributed by atoms with Crippen LogP contribution in [0.1, 0.15) is 5.56 Å². The SMILES string of the molecule is COC(=O)/C=C\C=C(\C(=O)OC)c1ccc2ccccc2c1. The van der Waals surface area contributed by atoms with Crippen LogP contribution in [0.15, 0.2) is 60.7 Å². The van der Waals surface area contributed by atoms with E-state index >= 15 is 0 Å². The Morgan fingerprint density at radius 1 is 0.955 bits per heavy atom. The van der Waals surface area contributed by atoms with Crippen LogP contribution in [0.2, 0.25) is 0 Å². The van der Waals surface area contributed by atoms with Crippen LogP contribution in [0, 0.1) is 0 Å². The second kappa shape index (κ2) is 7.22. The molecule has 0 amide bonds. The molecule has 0 aromatic heterocycles. The molecule has 4 nitrogen and oxygen atoms in total. The lowest BCUT2D eigenvalue weighted by molar-refractivity contribution is -0.135. The van der Waals surface area contributed by atoms with E-state index in [0.717, 1.165) is 16.3 Å². The van der Waals surface area contributed by atoms with E-state index in [4.69, 9.17) is 4.74 Å². The largest absolute Gasteiger partial charge is 0.466 e. The minimum Gasteiger partial charge on any atom is -0.466 e. The number of esters is 2. The van der Waals surface area contributed by atoms with Crippen LogP contribution >= 0.6 is 0 Å². The number of hydrogen-bond acceptors (Lipinski definition) is 4. The maximum atomic E-state index is 12.0. The van der Waals surface area contributed by atoms with Gasteiger partial charge in [0, 0.05) is 6.08 Å². The fraction of sp³-hybridized carbons (Fsp3) is 0.111. The Kier molecular flexibility index (Phi) is 5.09. The number of benzene rings is 2. The second-order valence-corrected chi connectivity index (χ2v) is 4.52. The topological polar surface area (TPSA) is 52.6 Å². The zero-order chi connectivity index (χ0) is 15.9. The first-order valence-corrected chi connectivity index (χ1v) is 6.69. The molecule has 4 heteroatoms. The van der Waals surface area contributed by atoms with Crippen molar-refractivity contribution in [1.29, 1.82) is 0 Å². The zero-order valence-electron chi connectivity index (χ0n) is 12.4. The van der Waals surface area contributed by atoms with Crippen molar-refractivity contribution in [3.8, 4) is 0 Å². The lowest BCUT2D eigenvalue weighted by atomic mass is 10.0. The van der Waals surface area contributed by atoms with Gasteiger partial charge in [-0.05, 0) is 28.5 Å². The van der Waals surface area contributed by atoms with Gasteiger partial charge in [-0.25, -0.2) is 9.59 Å². The molecule has 112 valence electrons. The molecule has 0 fully saturated rings. The highest BCUT2D eigenvalue weighted by atomic mass is 16.5. The Morgan fingerprint density at radius 2 is 1.68 bits per heavy atom. The summed E-state index contributed by atoms with van der Waals surface area (Å²) in [7, 11) is 2.61. The summed E-state index contributed by atoms with van der Waals surface area (Å²) >= 11 is 0. The van der Waals surface area contributed by atoms with Crippen LogP contribution in [0.3, 0.4) is 0 Å². The van der Waals surface area contributed by atoms with Gasteiger partial charge >= 0.3 is 11.9 Å². The summed E-state index contributed by atoms with van der Waals surface area (Å²) in [6, 6.07) is 13.5. The van der Waals surface area contributed by atoms with Gasteiger partial charge in [-0.15, -0.1) is 0 Å². The lowest BCUT2D eigenvalue weighted by Crippen LogP contribution is -2.04. The van der Waals surface area contributed by atoms with Crippen molar-refractivity contribution < 1.29 is 19.1 Å². The van der Waals surface area contributed by atoms with Gasteiger partial charge < -0.3 is 9.47 Å². The van der Waals surface area contributed by atoms with Crippen molar-refractivity contribution in [2.24, 2.45) is 0 Å². The van der Waals surface area contributed by atoms with Gasteiger partial charge in [0.2, 0.25) is 0 Å². The van der Waals surface area contributed by atoms with E-state index in [1.807, 2.05) is 42.5 Å². The predicted octanol–water partition coefficient (Wildman–Crippen LogP) is 3.13. The quantitative estimate of drug-likeness (QED) is 0.494. The molecule has 0 spiro atoms. The summed E-state index contributed by atoms with van der Waals surface area (Å²) in [5.74, 6) is -0.955. The molecular weight excluding hydrogens is 280 g/mol. The fourth-order valence-corrected chi connectivity index (χ4v) is 2.04. The van der Waals surface area contributed by atoms with Crippen LogP contribution in [0.25, 0.3) is 16.3 Å². The van der Waals surface area contributed by atoms with Crippen molar-refractivity contribution in [2.75, 3.05) is 14.2 Å².